The van der Waals surface area contributed by atoms with Gasteiger partial charge in [0.15, 0.2) is 5.96 Å². The van der Waals surface area contributed by atoms with Crippen molar-refractivity contribution in [3.63, 3.8) is 0 Å². The smallest absolute Gasteiger partial charge is 0.193 e. The summed E-state index contributed by atoms with van der Waals surface area (Å²) in [6, 6.07) is 0. The Morgan fingerprint density at radius 2 is 1.85 bits per heavy atom. The number of morpholine rings is 1. The molecular formula is C19H37N5O2. The standard InChI is InChI=1S/C19H37N5O2/c1-20-19(21-7-3-4-8-23-11-9-22(2)10-12-23)24-13-15-26-18(16-24)17-6-5-14-25-17/h17-18H,3-16H2,1-2H3,(H,20,21). The van der Waals surface area contributed by atoms with E-state index in [9.17, 15) is 0 Å². The summed E-state index contributed by atoms with van der Waals surface area (Å²) in [4.78, 5) is 11.8. The van der Waals surface area contributed by atoms with Crippen molar-refractivity contribution in [2.45, 2.75) is 37.9 Å². The van der Waals surface area contributed by atoms with Crippen LogP contribution in [-0.4, -0.2) is 113 Å². The van der Waals surface area contributed by atoms with Gasteiger partial charge in [0.25, 0.3) is 0 Å². The summed E-state index contributed by atoms with van der Waals surface area (Å²) in [6.45, 7) is 10.5. The first-order valence-corrected chi connectivity index (χ1v) is 10.4. The van der Waals surface area contributed by atoms with Crippen LogP contribution in [0.15, 0.2) is 4.99 Å². The van der Waals surface area contributed by atoms with Crippen LogP contribution in [0.3, 0.4) is 0 Å². The molecule has 3 aliphatic heterocycles. The van der Waals surface area contributed by atoms with E-state index in [4.69, 9.17) is 9.47 Å². The molecule has 0 saturated carbocycles. The Morgan fingerprint density at radius 1 is 1.04 bits per heavy atom. The highest BCUT2D eigenvalue weighted by molar-refractivity contribution is 5.80. The SMILES string of the molecule is CN=C(NCCCCN1CCN(C)CC1)N1CCOC(C2CCCO2)C1. The maximum Gasteiger partial charge on any atom is 0.193 e. The summed E-state index contributed by atoms with van der Waals surface area (Å²) < 4.78 is 11.8. The Bertz CT molecular complexity index is 434. The molecule has 2 unspecified atom stereocenters. The van der Waals surface area contributed by atoms with Crippen LogP contribution in [0, 0.1) is 0 Å². The summed E-state index contributed by atoms with van der Waals surface area (Å²) in [6.07, 6.45) is 5.16. The van der Waals surface area contributed by atoms with Crippen molar-refractivity contribution in [1.29, 1.82) is 0 Å². The number of guanidine groups is 1. The van der Waals surface area contributed by atoms with Crippen LogP contribution in [0.4, 0.5) is 0 Å². The third kappa shape index (κ3) is 5.81. The number of aliphatic imine (C=N–C) groups is 1. The first-order chi connectivity index (χ1) is 12.8. The van der Waals surface area contributed by atoms with Crippen molar-refractivity contribution in [2.75, 3.05) is 79.7 Å². The third-order valence-electron chi connectivity index (χ3n) is 5.76. The lowest BCUT2D eigenvalue weighted by Gasteiger charge is -2.37. The Hall–Kier alpha value is -0.890. The average molecular weight is 368 g/mol. The van der Waals surface area contributed by atoms with Gasteiger partial charge in [-0.25, -0.2) is 0 Å². The Balaban J connectivity index is 1.32. The van der Waals surface area contributed by atoms with E-state index in [1.807, 2.05) is 7.05 Å². The minimum Gasteiger partial charge on any atom is -0.375 e. The van der Waals surface area contributed by atoms with Crippen molar-refractivity contribution in [3.8, 4) is 0 Å². The third-order valence-corrected chi connectivity index (χ3v) is 5.76. The Labute approximate surface area is 158 Å². The van der Waals surface area contributed by atoms with Crippen molar-refractivity contribution in [2.24, 2.45) is 4.99 Å². The fraction of sp³-hybridized carbons (Fsp3) is 0.947. The number of hydrogen-bond donors (Lipinski definition) is 1. The number of rotatable bonds is 6. The lowest BCUT2D eigenvalue weighted by atomic mass is 10.1. The van der Waals surface area contributed by atoms with Crippen LogP contribution >= 0.6 is 0 Å². The number of hydrogen-bond acceptors (Lipinski definition) is 5. The molecule has 0 aromatic rings. The van der Waals surface area contributed by atoms with Gasteiger partial charge < -0.3 is 29.5 Å². The number of likely N-dealkylation sites (N-methyl/N-ethyl adjacent to an activating group) is 1. The van der Waals surface area contributed by atoms with E-state index in [2.05, 4.69) is 32.1 Å². The van der Waals surface area contributed by atoms with Gasteiger partial charge >= 0.3 is 0 Å². The molecule has 1 N–H and O–H groups in total. The maximum atomic E-state index is 5.95. The van der Waals surface area contributed by atoms with Crippen LogP contribution in [0.25, 0.3) is 0 Å². The van der Waals surface area contributed by atoms with Gasteiger partial charge in [0.05, 0.1) is 12.7 Å². The lowest BCUT2D eigenvalue weighted by molar-refractivity contribution is -0.0816. The number of piperazine rings is 1. The number of unbranched alkanes of at least 4 members (excludes halogenated alkanes) is 1. The molecule has 7 heteroatoms. The zero-order valence-electron chi connectivity index (χ0n) is 16.7. The molecule has 2 atom stereocenters. The molecule has 3 heterocycles. The summed E-state index contributed by atoms with van der Waals surface area (Å²) in [7, 11) is 4.09. The van der Waals surface area contributed by atoms with E-state index in [1.165, 1.54) is 45.6 Å². The first-order valence-electron chi connectivity index (χ1n) is 10.4. The zero-order chi connectivity index (χ0) is 18.2. The first kappa shape index (κ1) is 19.9. The molecule has 3 saturated heterocycles. The number of ether oxygens (including phenoxy) is 2. The highest BCUT2D eigenvalue weighted by atomic mass is 16.5. The predicted molar refractivity (Wildman–Crippen MR) is 105 cm³/mol. The molecule has 0 aromatic carbocycles. The molecule has 0 bridgehead atoms. The van der Waals surface area contributed by atoms with Gasteiger partial charge in [-0.05, 0) is 39.3 Å². The molecule has 0 aliphatic carbocycles. The molecule has 0 spiro atoms. The number of nitrogens with one attached hydrogen (secondary N) is 1. The van der Waals surface area contributed by atoms with E-state index in [0.717, 1.165) is 51.6 Å². The van der Waals surface area contributed by atoms with E-state index >= 15 is 0 Å². The molecular weight excluding hydrogens is 330 g/mol. The second-order valence-electron chi connectivity index (χ2n) is 7.73. The van der Waals surface area contributed by atoms with Gasteiger partial charge in [-0.15, -0.1) is 0 Å². The Kier molecular flexibility index (Phi) is 7.98. The van der Waals surface area contributed by atoms with Gasteiger partial charge in [0.2, 0.25) is 0 Å². The second-order valence-corrected chi connectivity index (χ2v) is 7.73. The van der Waals surface area contributed by atoms with E-state index in [1.54, 1.807) is 0 Å². The summed E-state index contributed by atoms with van der Waals surface area (Å²) in [5, 5.41) is 3.55. The highest BCUT2D eigenvalue weighted by Crippen LogP contribution is 2.21. The monoisotopic (exact) mass is 367 g/mol. The largest absolute Gasteiger partial charge is 0.375 e. The van der Waals surface area contributed by atoms with Gasteiger partial charge in [-0.1, -0.05) is 0 Å². The van der Waals surface area contributed by atoms with Gasteiger partial charge in [0.1, 0.15) is 6.10 Å². The van der Waals surface area contributed by atoms with Gasteiger partial charge in [-0.2, -0.15) is 0 Å². The molecule has 3 rings (SSSR count). The minimum atomic E-state index is 0.182. The van der Waals surface area contributed by atoms with E-state index in [-0.39, 0.29) is 12.2 Å². The van der Waals surface area contributed by atoms with E-state index in [0.29, 0.717) is 0 Å². The van der Waals surface area contributed by atoms with Gasteiger partial charge in [0, 0.05) is 59.5 Å². The molecule has 26 heavy (non-hydrogen) atoms. The summed E-state index contributed by atoms with van der Waals surface area (Å²) in [5.74, 6) is 1.01. The van der Waals surface area contributed by atoms with Crippen molar-refractivity contribution in [3.05, 3.63) is 0 Å². The molecule has 0 amide bonds. The van der Waals surface area contributed by atoms with Crippen LogP contribution in [0.1, 0.15) is 25.7 Å². The normalized spacial score (nSPS) is 29.3. The number of nitrogens with zero attached hydrogens (tertiary/aromatic N) is 4. The highest BCUT2D eigenvalue weighted by Gasteiger charge is 2.32. The van der Waals surface area contributed by atoms with Crippen LogP contribution in [-0.2, 0) is 9.47 Å². The second kappa shape index (κ2) is 10.4. The average Bonchev–Trinajstić information content (AvgIpc) is 3.21. The van der Waals surface area contributed by atoms with E-state index < -0.39 is 0 Å². The van der Waals surface area contributed by atoms with Crippen molar-refractivity contribution >= 4 is 5.96 Å². The summed E-state index contributed by atoms with van der Waals surface area (Å²) in [5.41, 5.74) is 0. The van der Waals surface area contributed by atoms with Crippen molar-refractivity contribution in [1.82, 2.24) is 20.0 Å². The molecule has 7 nitrogen and oxygen atoms in total. The molecule has 3 fully saturated rings. The molecule has 150 valence electrons. The molecule has 3 aliphatic rings. The predicted octanol–water partition coefficient (Wildman–Crippen LogP) is 0.469. The molecule has 0 radical (unpaired) electrons. The van der Waals surface area contributed by atoms with Crippen LogP contribution in [0.5, 0.6) is 0 Å². The summed E-state index contributed by atoms with van der Waals surface area (Å²) >= 11 is 0. The van der Waals surface area contributed by atoms with Gasteiger partial charge in [-0.3, -0.25) is 4.99 Å². The zero-order valence-corrected chi connectivity index (χ0v) is 16.7. The topological polar surface area (TPSA) is 52.6 Å². The van der Waals surface area contributed by atoms with Crippen LogP contribution < -0.4 is 5.32 Å². The Morgan fingerprint density at radius 3 is 2.58 bits per heavy atom. The fourth-order valence-corrected chi connectivity index (χ4v) is 4.05. The minimum absolute atomic E-state index is 0.182. The molecule has 0 aromatic heterocycles. The van der Waals surface area contributed by atoms with Crippen LogP contribution in [0.2, 0.25) is 0 Å². The fourth-order valence-electron chi connectivity index (χ4n) is 4.05. The van der Waals surface area contributed by atoms with Crippen molar-refractivity contribution < 1.29 is 9.47 Å². The lowest BCUT2D eigenvalue weighted by Crippen LogP contribution is -2.53. The quantitative estimate of drug-likeness (QED) is 0.418. The maximum absolute atomic E-state index is 5.95.